The molecule has 1 heterocycles. The largest absolute Gasteiger partial charge is 0.352 e. The molecule has 3 fully saturated rings. The van der Waals surface area contributed by atoms with Crippen LogP contribution in [0.1, 0.15) is 45.4 Å². The van der Waals surface area contributed by atoms with Crippen molar-refractivity contribution in [3.8, 4) is 0 Å². The summed E-state index contributed by atoms with van der Waals surface area (Å²) in [5.41, 5.74) is 0. The monoisotopic (exact) mass is 320 g/mol. The zero-order chi connectivity index (χ0) is 15.7. The van der Waals surface area contributed by atoms with Gasteiger partial charge in [0.05, 0.1) is 13.2 Å². The average molecular weight is 320 g/mol. The molecule has 1 aliphatic heterocycles. The average Bonchev–Trinajstić information content (AvgIpc) is 2.53. The summed E-state index contributed by atoms with van der Waals surface area (Å²) in [6, 6.07) is 0. The predicted octanol–water partition coefficient (Wildman–Crippen LogP) is 4.23. The zero-order valence-corrected chi connectivity index (χ0v) is 13.2. The minimum atomic E-state index is -1.99. The molecule has 3 aliphatic rings. The Morgan fingerprint density at radius 1 is 0.727 bits per heavy atom. The molecule has 128 valence electrons. The van der Waals surface area contributed by atoms with Crippen LogP contribution < -0.4 is 0 Å². The maximum Gasteiger partial charge on any atom is 0.162 e. The molecule has 0 bridgehead atoms. The van der Waals surface area contributed by atoms with E-state index in [4.69, 9.17) is 9.47 Å². The summed E-state index contributed by atoms with van der Waals surface area (Å²) in [5, 5.41) is 0. The number of alkyl halides is 3. The van der Waals surface area contributed by atoms with Crippen LogP contribution in [0.4, 0.5) is 13.2 Å². The number of ether oxygens (including phenoxy) is 2. The van der Waals surface area contributed by atoms with Gasteiger partial charge in [0, 0.05) is 11.8 Å². The minimum absolute atomic E-state index is 0.00212. The maximum absolute atomic E-state index is 13.5. The first-order chi connectivity index (χ1) is 10.5. The number of rotatable bonds is 2. The molecule has 0 spiro atoms. The van der Waals surface area contributed by atoms with Gasteiger partial charge in [0.1, 0.15) is 12.3 Å². The van der Waals surface area contributed by atoms with Crippen molar-refractivity contribution in [3.63, 3.8) is 0 Å². The molecule has 0 amide bonds. The van der Waals surface area contributed by atoms with E-state index < -0.39 is 24.8 Å². The quantitative estimate of drug-likeness (QED) is 0.758. The third-order valence-electron chi connectivity index (χ3n) is 5.81. The van der Waals surface area contributed by atoms with Gasteiger partial charge < -0.3 is 9.47 Å². The summed E-state index contributed by atoms with van der Waals surface area (Å²) in [6.45, 7) is 3.50. The van der Waals surface area contributed by atoms with E-state index >= 15 is 0 Å². The van der Waals surface area contributed by atoms with Crippen LogP contribution in [0.2, 0.25) is 0 Å². The van der Waals surface area contributed by atoms with Crippen molar-refractivity contribution >= 4 is 0 Å². The maximum atomic E-state index is 13.5. The van der Waals surface area contributed by atoms with Crippen molar-refractivity contribution in [2.45, 2.75) is 70.3 Å². The lowest BCUT2D eigenvalue weighted by Gasteiger charge is -2.41. The molecule has 1 saturated heterocycles. The van der Waals surface area contributed by atoms with Gasteiger partial charge in [-0.3, -0.25) is 0 Å². The highest BCUT2D eigenvalue weighted by atomic mass is 19.2. The molecule has 0 aromatic rings. The fraction of sp³-hybridized carbons (Fsp3) is 1.00. The lowest BCUT2D eigenvalue weighted by Crippen LogP contribution is -2.46. The second kappa shape index (κ2) is 7.08. The van der Waals surface area contributed by atoms with Crippen molar-refractivity contribution in [2.24, 2.45) is 23.7 Å². The molecule has 2 nitrogen and oxygen atoms in total. The Morgan fingerprint density at radius 3 is 1.82 bits per heavy atom. The van der Waals surface area contributed by atoms with Crippen LogP contribution in [0.25, 0.3) is 0 Å². The lowest BCUT2D eigenvalue weighted by atomic mass is 9.76. The van der Waals surface area contributed by atoms with E-state index in [1.807, 2.05) is 0 Å². The Morgan fingerprint density at radius 2 is 1.27 bits per heavy atom. The van der Waals surface area contributed by atoms with Gasteiger partial charge in [-0.2, -0.15) is 0 Å². The highest BCUT2D eigenvalue weighted by molar-refractivity contribution is 4.89. The first-order valence-electron chi connectivity index (χ1n) is 8.70. The fourth-order valence-electron chi connectivity index (χ4n) is 4.22. The summed E-state index contributed by atoms with van der Waals surface area (Å²) in [7, 11) is 0. The van der Waals surface area contributed by atoms with Crippen molar-refractivity contribution < 1.29 is 22.6 Å². The summed E-state index contributed by atoms with van der Waals surface area (Å²) in [4.78, 5) is 0. The Labute approximate surface area is 130 Å². The molecule has 0 N–H and O–H groups in total. The highest BCUT2D eigenvalue weighted by Crippen LogP contribution is 2.39. The SMILES string of the molecule is CC1CCC(C2COC(C3CC(F)C(F)C(F)C3)OC2)CC1. The van der Waals surface area contributed by atoms with Gasteiger partial charge >= 0.3 is 0 Å². The molecule has 5 heteroatoms. The van der Waals surface area contributed by atoms with E-state index in [2.05, 4.69) is 6.92 Å². The first-order valence-corrected chi connectivity index (χ1v) is 8.70. The van der Waals surface area contributed by atoms with Crippen LogP contribution >= 0.6 is 0 Å². The van der Waals surface area contributed by atoms with Gasteiger partial charge in [0.15, 0.2) is 12.5 Å². The molecule has 22 heavy (non-hydrogen) atoms. The molecule has 0 aromatic carbocycles. The fourth-order valence-corrected chi connectivity index (χ4v) is 4.22. The zero-order valence-electron chi connectivity index (χ0n) is 13.2. The predicted molar refractivity (Wildman–Crippen MR) is 77.7 cm³/mol. The smallest absolute Gasteiger partial charge is 0.162 e. The lowest BCUT2D eigenvalue weighted by molar-refractivity contribution is -0.243. The second-order valence-corrected chi connectivity index (χ2v) is 7.52. The van der Waals surface area contributed by atoms with Gasteiger partial charge in [0.2, 0.25) is 0 Å². The molecular formula is C17H27F3O2. The molecule has 2 aliphatic carbocycles. The number of hydrogen-bond acceptors (Lipinski definition) is 2. The van der Waals surface area contributed by atoms with Crippen LogP contribution in [-0.2, 0) is 9.47 Å². The standard InChI is InChI=1S/C17H27F3O2/c1-10-2-4-11(5-3-10)13-8-21-17(22-9-13)12-6-14(18)16(20)15(19)7-12/h10-17H,2-9H2,1H3. The van der Waals surface area contributed by atoms with E-state index in [9.17, 15) is 13.2 Å². The Hall–Kier alpha value is -0.290. The third kappa shape index (κ3) is 3.61. The molecule has 0 aromatic heterocycles. The van der Waals surface area contributed by atoms with Gasteiger partial charge in [-0.15, -0.1) is 0 Å². The van der Waals surface area contributed by atoms with E-state index in [1.165, 1.54) is 25.7 Å². The van der Waals surface area contributed by atoms with Crippen LogP contribution in [0.3, 0.4) is 0 Å². The number of hydrogen-bond donors (Lipinski definition) is 0. The van der Waals surface area contributed by atoms with Gasteiger partial charge in [-0.05, 0) is 37.5 Å². The Bertz CT molecular complexity index is 340. The summed E-state index contributed by atoms with van der Waals surface area (Å²) >= 11 is 0. The normalized spacial score (nSPS) is 50.7. The van der Waals surface area contributed by atoms with Crippen LogP contribution in [-0.4, -0.2) is 38.0 Å². The molecule has 2 saturated carbocycles. The molecular weight excluding hydrogens is 293 g/mol. The van der Waals surface area contributed by atoms with Crippen LogP contribution in [0, 0.1) is 23.7 Å². The molecule has 2 unspecified atom stereocenters. The summed E-state index contributed by atoms with van der Waals surface area (Å²) < 4.78 is 51.8. The first kappa shape index (κ1) is 16.6. The Balaban J connectivity index is 1.47. The summed E-state index contributed by atoms with van der Waals surface area (Å²) in [5.74, 6) is 1.47. The van der Waals surface area contributed by atoms with Gasteiger partial charge in [-0.25, -0.2) is 13.2 Å². The van der Waals surface area contributed by atoms with Crippen molar-refractivity contribution in [2.75, 3.05) is 13.2 Å². The minimum Gasteiger partial charge on any atom is -0.352 e. The van der Waals surface area contributed by atoms with Crippen molar-refractivity contribution in [1.29, 1.82) is 0 Å². The summed E-state index contributed by atoms with van der Waals surface area (Å²) in [6.07, 6.45) is -1.08. The van der Waals surface area contributed by atoms with Gasteiger partial charge in [-0.1, -0.05) is 19.8 Å². The van der Waals surface area contributed by atoms with Crippen molar-refractivity contribution in [3.05, 3.63) is 0 Å². The van der Waals surface area contributed by atoms with Crippen LogP contribution in [0.5, 0.6) is 0 Å². The van der Waals surface area contributed by atoms with Gasteiger partial charge in [0.25, 0.3) is 0 Å². The topological polar surface area (TPSA) is 18.5 Å². The van der Waals surface area contributed by atoms with E-state index in [-0.39, 0.29) is 18.8 Å². The van der Waals surface area contributed by atoms with Crippen molar-refractivity contribution in [1.82, 2.24) is 0 Å². The highest BCUT2D eigenvalue weighted by Gasteiger charge is 2.43. The molecule has 2 atom stereocenters. The Kier molecular flexibility index (Phi) is 5.33. The van der Waals surface area contributed by atoms with Crippen LogP contribution in [0.15, 0.2) is 0 Å². The molecule has 0 radical (unpaired) electrons. The van der Waals surface area contributed by atoms with E-state index in [0.717, 1.165) is 5.92 Å². The second-order valence-electron chi connectivity index (χ2n) is 7.52. The van der Waals surface area contributed by atoms with E-state index in [1.54, 1.807) is 0 Å². The van der Waals surface area contributed by atoms with E-state index in [0.29, 0.717) is 25.0 Å². The molecule has 3 rings (SSSR count). The third-order valence-corrected chi connectivity index (χ3v) is 5.81. The number of halogens is 3.